The van der Waals surface area contributed by atoms with Crippen LogP contribution in [0.1, 0.15) is 105 Å². The lowest BCUT2D eigenvalue weighted by Gasteiger charge is -2.45. The summed E-state index contributed by atoms with van der Waals surface area (Å²) in [6.07, 6.45) is 0. The average Bonchev–Trinajstić information content (AvgIpc) is 0.684. The van der Waals surface area contributed by atoms with Crippen molar-refractivity contribution in [3.63, 3.8) is 0 Å². The van der Waals surface area contributed by atoms with Crippen LogP contribution in [-0.2, 0) is 21.7 Å². The maximum atomic E-state index is 5.76. The van der Waals surface area contributed by atoms with Crippen molar-refractivity contribution in [2.45, 2.75) is 105 Å². The van der Waals surface area contributed by atoms with E-state index in [4.69, 9.17) is 15.0 Å². The molecule has 1 aromatic heterocycles. The molecule has 0 N–H and O–H groups in total. The monoisotopic (exact) mass is 1120 g/mol. The normalized spacial score (nSPS) is 13.7. The molecule has 14 aromatic rings. The van der Waals surface area contributed by atoms with Crippen LogP contribution in [0.5, 0.6) is 0 Å². The number of benzene rings is 13. The van der Waals surface area contributed by atoms with Gasteiger partial charge in [-0.2, -0.15) is 0 Å². The molecule has 87 heavy (non-hydrogen) atoms. The molecule has 0 radical (unpaired) electrons. The molecular weight excluding hydrogens is 1050 g/mol. The highest BCUT2D eigenvalue weighted by molar-refractivity contribution is 7.03. The summed E-state index contributed by atoms with van der Waals surface area (Å²) in [6, 6.07) is 78.3. The zero-order valence-corrected chi connectivity index (χ0v) is 51.9. The van der Waals surface area contributed by atoms with Crippen molar-refractivity contribution in [1.82, 2.24) is 15.0 Å². The first kappa shape index (κ1) is 53.1. The van der Waals surface area contributed by atoms with Crippen LogP contribution in [0.4, 0.5) is 34.1 Å². The van der Waals surface area contributed by atoms with Crippen molar-refractivity contribution in [3.05, 3.63) is 229 Å². The van der Waals surface area contributed by atoms with E-state index in [1.807, 2.05) is 0 Å². The lowest BCUT2D eigenvalue weighted by molar-refractivity contribution is 0.568. The summed E-state index contributed by atoms with van der Waals surface area (Å²) in [5, 5.41) is 15.2. The highest BCUT2D eigenvalue weighted by atomic mass is 15.2. The Morgan fingerprint density at radius 2 is 0.586 bits per heavy atom. The molecule has 0 aliphatic carbocycles. The predicted molar refractivity (Wildman–Crippen MR) is 372 cm³/mol. The highest BCUT2D eigenvalue weighted by Gasteiger charge is 2.46. The second kappa shape index (κ2) is 18.6. The summed E-state index contributed by atoms with van der Waals surface area (Å²) in [4.78, 5) is 22.3. The van der Waals surface area contributed by atoms with Gasteiger partial charge < -0.3 is 9.80 Å². The Kier molecular flexibility index (Phi) is 11.3. The average molecular weight is 1120 g/mol. The minimum absolute atomic E-state index is 0.132. The van der Waals surface area contributed by atoms with Crippen molar-refractivity contribution < 1.29 is 0 Å². The minimum atomic E-state index is -0.195. The van der Waals surface area contributed by atoms with Gasteiger partial charge in [-0.15, -0.1) is 0 Å². The summed E-state index contributed by atoms with van der Waals surface area (Å²) in [6.45, 7) is 27.4. The second-order valence-electron chi connectivity index (χ2n) is 28.9. The van der Waals surface area contributed by atoms with E-state index in [-0.39, 0.29) is 28.4 Å². The molecule has 16 rings (SSSR count). The maximum Gasteiger partial charge on any atom is 0.253 e. The third-order valence-corrected chi connectivity index (χ3v) is 19.1. The molecule has 0 spiro atoms. The zero-order chi connectivity index (χ0) is 59.8. The van der Waals surface area contributed by atoms with Crippen molar-refractivity contribution in [3.8, 4) is 34.2 Å². The standard InChI is InChI=1S/C81H70BN5/c1-78(2,3)56-37-53(38-57(45-56)79(4,5)6)75-83-76(54-39-58(80(7,8)9)46-59(40-54)81(10,11)12)85-77(84-75)55-43-66-74-67(44-55)87(61-27-17-14-18-28-61)65-42-52-32-30-48-22-20-24-50-34-36-63(71(52)69(48)50)73(65)82(74)72-62-35-33-49-23-19-21-47-29-31-51(70(62)68(47)49)41-64(72)86(66)60-25-15-13-16-26-60/h13-46H,1-12H3. The Morgan fingerprint density at radius 1 is 0.276 bits per heavy atom. The predicted octanol–water partition coefficient (Wildman–Crippen LogP) is 19.9. The van der Waals surface area contributed by atoms with Crippen LogP contribution in [0.25, 0.3) is 98.8 Å². The van der Waals surface area contributed by atoms with Gasteiger partial charge in [0.1, 0.15) is 0 Å². The topological polar surface area (TPSA) is 45.2 Å². The van der Waals surface area contributed by atoms with E-state index in [1.165, 1.54) is 103 Å². The van der Waals surface area contributed by atoms with Crippen LogP contribution in [0, 0.1) is 0 Å². The minimum Gasteiger partial charge on any atom is -0.311 e. The molecule has 0 fully saturated rings. The van der Waals surface area contributed by atoms with Gasteiger partial charge in [-0.25, -0.2) is 15.0 Å². The first-order valence-corrected chi connectivity index (χ1v) is 31.0. The van der Waals surface area contributed by atoms with E-state index in [2.05, 4.69) is 299 Å². The molecular formula is C81H70BN5. The first-order valence-electron chi connectivity index (χ1n) is 31.0. The number of fused-ring (bicyclic) bond motifs is 6. The molecule has 0 unspecified atom stereocenters. The van der Waals surface area contributed by atoms with Crippen LogP contribution >= 0.6 is 0 Å². The molecule has 0 saturated carbocycles. The largest absolute Gasteiger partial charge is 0.311 e. The van der Waals surface area contributed by atoms with Crippen molar-refractivity contribution in [2.75, 3.05) is 9.80 Å². The van der Waals surface area contributed by atoms with Crippen LogP contribution in [0.3, 0.4) is 0 Å². The van der Waals surface area contributed by atoms with Crippen LogP contribution in [0.15, 0.2) is 206 Å². The Labute approximate surface area is 511 Å². The van der Waals surface area contributed by atoms with Crippen molar-refractivity contribution in [1.29, 1.82) is 0 Å². The maximum absolute atomic E-state index is 5.76. The number of hydrogen-bond acceptors (Lipinski definition) is 5. The Hall–Kier alpha value is -9.39. The third kappa shape index (κ3) is 8.31. The molecule has 5 nitrogen and oxygen atoms in total. The number of anilines is 6. The Morgan fingerprint density at radius 3 is 0.931 bits per heavy atom. The number of rotatable bonds is 5. The van der Waals surface area contributed by atoms with Gasteiger partial charge in [0.25, 0.3) is 6.71 Å². The van der Waals surface area contributed by atoms with Gasteiger partial charge in [0.05, 0.1) is 0 Å². The van der Waals surface area contributed by atoms with Crippen molar-refractivity contribution in [2.24, 2.45) is 0 Å². The van der Waals surface area contributed by atoms with E-state index in [1.54, 1.807) is 0 Å². The Balaban J connectivity index is 1.07. The summed E-state index contributed by atoms with van der Waals surface area (Å²) in [5.74, 6) is 1.92. The smallest absolute Gasteiger partial charge is 0.253 e. The van der Waals surface area contributed by atoms with Crippen LogP contribution < -0.4 is 26.2 Å². The molecule has 3 heterocycles. The summed E-state index contributed by atoms with van der Waals surface area (Å²) >= 11 is 0. The van der Waals surface area contributed by atoms with Gasteiger partial charge >= 0.3 is 0 Å². The van der Waals surface area contributed by atoms with Gasteiger partial charge in [-0.05, 0) is 198 Å². The summed E-state index contributed by atoms with van der Waals surface area (Å²) < 4.78 is 0. The fourth-order valence-electron chi connectivity index (χ4n) is 14.4. The van der Waals surface area contributed by atoms with E-state index >= 15 is 0 Å². The third-order valence-electron chi connectivity index (χ3n) is 19.1. The molecule has 2 aliphatic heterocycles. The highest BCUT2D eigenvalue weighted by Crippen LogP contribution is 2.51. The molecule has 0 bridgehead atoms. The molecule has 0 saturated heterocycles. The van der Waals surface area contributed by atoms with Gasteiger partial charge in [0, 0.05) is 50.8 Å². The molecule has 0 amide bonds. The lowest BCUT2D eigenvalue weighted by Crippen LogP contribution is -2.61. The Bertz CT molecular complexity index is 4740. The van der Waals surface area contributed by atoms with Gasteiger partial charge in [-0.3, -0.25) is 0 Å². The number of nitrogens with zero attached hydrogens (tertiary/aromatic N) is 5. The molecule has 6 heteroatoms. The zero-order valence-electron chi connectivity index (χ0n) is 51.9. The molecule has 0 atom stereocenters. The SMILES string of the molecule is CC(C)(C)c1cc(-c2nc(-c3cc(C(C)(C)C)cc(C(C)(C)C)c3)nc(-c3cc4c5c(c3)N(c3ccccc3)c3cc6ccc7cccc8ccc(c3B5c3c(cc5ccc9cccc%10ccc3c5c9%10)N4c3ccccc3)c6c78)n2)cc(C(C)(C)C)c1. The van der Waals surface area contributed by atoms with Gasteiger partial charge in [0.2, 0.25) is 0 Å². The van der Waals surface area contributed by atoms with Crippen LogP contribution in [-0.4, -0.2) is 21.7 Å². The van der Waals surface area contributed by atoms with Crippen molar-refractivity contribution >= 4 is 122 Å². The fraction of sp³-hybridized carbons (Fsp3) is 0.198. The number of para-hydroxylation sites is 2. The van der Waals surface area contributed by atoms with Gasteiger partial charge in [0.15, 0.2) is 17.5 Å². The molecule has 13 aromatic carbocycles. The quantitative estimate of drug-likeness (QED) is 0.127. The molecule has 2 aliphatic rings. The summed E-state index contributed by atoms with van der Waals surface area (Å²) in [5.41, 5.74) is 17.8. The van der Waals surface area contributed by atoms with E-state index < -0.39 is 0 Å². The first-order chi connectivity index (χ1) is 41.6. The fourth-order valence-corrected chi connectivity index (χ4v) is 14.4. The van der Waals surface area contributed by atoms with E-state index in [0.717, 1.165) is 50.8 Å². The van der Waals surface area contributed by atoms with Gasteiger partial charge in [-0.1, -0.05) is 217 Å². The van der Waals surface area contributed by atoms with E-state index in [9.17, 15) is 0 Å². The summed E-state index contributed by atoms with van der Waals surface area (Å²) in [7, 11) is 0. The lowest BCUT2D eigenvalue weighted by atomic mass is 9.32. The molecule has 422 valence electrons. The van der Waals surface area contributed by atoms with E-state index in [0.29, 0.717) is 17.5 Å². The van der Waals surface area contributed by atoms with Crippen LogP contribution in [0.2, 0.25) is 0 Å². The second-order valence-corrected chi connectivity index (χ2v) is 28.9. The number of hydrogen-bond donors (Lipinski definition) is 0. The number of aromatic nitrogens is 3.